The van der Waals surface area contributed by atoms with Crippen molar-refractivity contribution in [3.63, 3.8) is 0 Å². The fourth-order valence-electron chi connectivity index (χ4n) is 9.97. The van der Waals surface area contributed by atoms with Crippen LogP contribution in [0.2, 0.25) is 0 Å². The highest BCUT2D eigenvalue weighted by Gasteiger charge is 2.19. The summed E-state index contributed by atoms with van der Waals surface area (Å²) in [5.41, 5.74) is 15.4. The van der Waals surface area contributed by atoms with Crippen molar-refractivity contribution in [2.75, 3.05) is 4.90 Å². The van der Waals surface area contributed by atoms with Crippen LogP contribution in [0.3, 0.4) is 0 Å². The molecule has 0 bridgehead atoms. The SMILES string of the molecule is C1=CCC(c2cccc(N(c3ccc(-c4ccc5c(ccc6ccccc65)c4)cc3)c3cccc(-c4cccc(-c5cccc6c5c5ccccc5n6-c5ccccc5)c4)c3)c2)C=C1. The van der Waals surface area contributed by atoms with E-state index in [1.165, 1.54) is 82.3 Å². The molecule has 0 saturated heterocycles. The molecule has 12 rings (SSSR count). The summed E-state index contributed by atoms with van der Waals surface area (Å²) in [5, 5.41) is 7.61. The molecule has 2 heteroatoms. The van der Waals surface area contributed by atoms with Crippen LogP contribution in [0.15, 0.2) is 249 Å². The Balaban J connectivity index is 0.943. The molecule has 302 valence electrons. The molecule has 10 aromatic carbocycles. The Morgan fingerprint density at radius 3 is 1.91 bits per heavy atom. The van der Waals surface area contributed by atoms with Gasteiger partial charge in [-0.15, -0.1) is 0 Å². The third-order valence-electron chi connectivity index (χ3n) is 13.1. The molecule has 1 aliphatic rings. The van der Waals surface area contributed by atoms with Gasteiger partial charge in [0.15, 0.2) is 0 Å². The number of fused-ring (bicyclic) bond motifs is 6. The zero-order valence-electron chi connectivity index (χ0n) is 35.4. The van der Waals surface area contributed by atoms with Gasteiger partial charge in [-0.25, -0.2) is 0 Å². The molecule has 2 nitrogen and oxygen atoms in total. The van der Waals surface area contributed by atoms with Crippen molar-refractivity contribution in [1.29, 1.82) is 0 Å². The maximum atomic E-state index is 2.41. The lowest BCUT2D eigenvalue weighted by Crippen LogP contribution is -2.11. The van der Waals surface area contributed by atoms with E-state index in [1.54, 1.807) is 0 Å². The van der Waals surface area contributed by atoms with Crippen LogP contribution in [0.1, 0.15) is 17.9 Å². The molecule has 0 amide bonds. The van der Waals surface area contributed by atoms with E-state index in [2.05, 4.69) is 258 Å². The highest BCUT2D eigenvalue weighted by molar-refractivity contribution is 6.16. The molecule has 0 fully saturated rings. The van der Waals surface area contributed by atoms with Crippen molar-refractivity contribution in [2.45, 2.75) is 12.3 Å². The van der Waals surface area contributed by atoms with Gasteiger partial charge in [0.25, 0.3) is 0 Å². The molecule has 0 radical (unpaired) electrons. The van der Waals surface area contributed by atoms with Gasteiger partial charge in [0, 0.05) is 39.4 Å². The first-order valence-corrected chi connectivity index (χ1v) is 22.3. The predicted molar refractivity (Wildman–Crippen MR) is 272 cm³/mol. The number of allylic oxidation sites excluding steroid dienone is 4. The first kappa shape index (κ1) is 37.6. The molecule has 1 heterocycles. The van der Waals surface area contributed by atoms with Gasteiger partial charge in [-0.3, -0.25) is 0 Å². The largest absolute Gasteiger partial charge is 0.310 e. The molecule has 1 atom stereocenters. The van der Waals surface area contributed by atoms with Gasteiger partial charge < -0.3 is 9.47 Å². The minimum Gasteiger partial charge on any atom is -0.310 e. The Hall–Kier alpha value is -8.20. The Bertz CT molecular complexity index is 3590. The second-order valence-electron chi connectivity index (χ2n) is 16.9. The maximum Gasteiger partial charge on any atom is 0.0547 e. The molecule has 1 unspecified atom stereocenters. The summed E-state index contributed by atoms with van der Waals surface area (Å²) in [6.07, 6.45) is 9.91. The van der Waals surface area contributed by atoms with Gasteiger partial charge in [0.05, 0.1) is 11.0 Å². The number of hydrogen-bond donors (Lipinski definition) is 0. The van der Waals surface area contributed by atoms with Crippen LogP contribution in [0.5, 0.6) is 0 Å². The maximum absolute atomic E-state index is 2.41. The summed E-state index contributed by atoms with van der Waals surface area (Å²) < 4.78 is 2.39. The van der Waals surface area contributed by atoms with Gasteiger partial charge in [-0.2, -0.15) is 0 Å². The van der Waals surface area contributed by atoms with Crippen LogP contribution in [-0.4, -0.2) is 4.57 Å². The summed E-state index contributed by atoms with van der Waals surface area (Å²) >= 11 is 0. The van der Waals surface area contributed by atoms with E-state index in [4.69, 9.17) is 0 Å². The molecule has 0 aliphatic heterocycles. The van der Waals surface area contributed by atoms with Crippen molar-refractivity contribution >= 4 is 60.4 Å². The Kier molecular flexibility index (Phi) is 9.34. The van der Waals surface area contributed by atoms with E-state index in [0.29, 0.717) is 5.92 Å². The molecule has 1 aliphatic carbocycles. The molecule has 11 aromatic rings. The van der Waals surface area contributed by atoms with Crippen molar-refractivity contribution < 1.29 is 0 Å². The zero-order chi connectivity index (χ0) is 42.4. The molecule has 64 heavy (non-hydrogen) atoms. The summed E-state index contributed by atoms with van der Waals surface area (Å²) in [5.74, 6) is 0.347. The number of benzene rings is 10. The number of para-hydroxylation sites is 2. The lowest BCUT2D eigenvalue weighted by Gasteiger charge is -2.27. The van der Waals surface area contributed by atoms with Gasteiger partial charge in [-0.05, 0) is 140 Å². The van der Waals surface area contributed by atoms with Crippen LogP contribution in [-0.2, 0) is 0 Å². The van der Waals surface area contributed by atoms with Crippen LogP contribution in [0.25, 0.3) is 82.4 Å². The van der Waals surface area contributed by atoms with E-state index in [0.717, 1.165) is 29.2 Å². The number of hydrogen-bond acceptors (Lipinski definition) is 1. The van der Waals surface area contributed by atoms with E-state index >= 15 is 0 Å². The second-order valence-corrected chi connectivity index (χ2v) is 16.9. The van der Waals surface area contributed by atoms with Gasteiger partial charge in [0.1, 0.15) is 0 Å². The third-order valence-corrected chi connectivity index (χ3v) is 13.1. The van der Waals surface area contributed by atoms with Gasteiger partial charge >= 0.3 is 0 Å². The number of aromatic nitrogens is 1. The highest BCUT2D eigenvalue weighted by Crippen LogP contribution is 2.42. The molecular formula is C62H44N2. The van der Waals surface area contributed by atoms with E-state index in [1.807, 2.05) is 0 Å². The highest BCUT2D eigenvalue weighted by atomic mass is 15.1. The monoisotopic (exact) mass is 816 g/mol. The summed E-state index contributed by atoms with van der Waals surface area (Å²) in [6.45, 7) is 0. The standard InChI is InChI=1S/C62H44N2/c1-3-15-43(16-4-1)47-19-12-24-54(41-47)63(53-36-33-44(34-37-53)49-35-38-57-51(40-49)32-31-45-17-7-8-26-56(45)57)55-25-13-20-48(42-55)46-18-11-21-50(39-46)58-28-14-30-61-62(58)59-27-9-10-29-60(59)64(61)52-22-5-2-6-23-52/h1-15,17-43H,16H2. The smallest absolute Gasteiger partial charge is 0.0547 e. The number of rotatable bonds is 8. The summed E-state index contributed by atoms with van der Waals surface area (Å²) in [6, 6.07) is 82.4. The molecule has 1 aromatic heterocycles. The fraction of sp³-hybridized carbons (Fsp3) is 0.0323. The molecule has 0 saturated carbocycles. The fourth-order valence-corrected chi connectivity index (χ4v) is 9.97. The predicted octanol–water partition coefficient (Wildman–Crippen LogP) is 17.2. The first-order chi connectivity index (χ1) is 31.7. The molecule has 0 N–H and O–H groups in total. The lowest BCUT2D eigenvalue weighted by molar-refractivity contribution is 0.853. The van der Waals surface area contributed by atoms with Crippen LogP contribution in [0, 0.1) is 0 Å². The van der Waals surface area contributed by atoms with Crippen molar-refractivity contribution in [3.05, 3.63) is 254 Å². The quantitative estimate of drug-likeness (QED) is 0.139. The van der Waals surface area contributed by atoms with E-state index in [9.17, 15) is 0 Å². The first-order valence-electron chi connectivity index (χ1n) is 22.3. The average molecular weight is 817 g/mol. The Morgan fingerprint density at radius 1 is 0.391 bits per heavy atom. The average Bonchev–Trinajstić information content (AvgIpc) is 3.72. The Morgan fingerprint density at radius 2 is 1.05 bits per heavy atom. The summed E-state index contributed by atoms with van der Waals surface area (Å²) in [7, 11) is 0. The van der Waals surface area contributed by atoms with Gasteiger partial charge in [-0.1, -0.05) is 176 Å². The molecule has 0 spiro atoms. The van der Waals surface area contributed by atoms with Crippen LogP contribution >= 0.6 is 0 Å². The van der Waals surface area contributed by atoms with E-state index in [-0.39, 0.29) is 0 Å². The van der Waals surface area contributed by atoms with Crippen molar-refractivity contribution in [1.82, 2.24) is 4.57 Å². The van der Waals surface area contributed by atoms with E-state index < -0.39 is 0 Å². The van der Waals surface area contributed by atoms with Crippen molar-refractivity contribution in [2.24, 2.45) is 0 Å². The van der Waals surface area contributed by atoms with Gasteiger partial charge in [0.2, 0.25) is 0 Å². The van der Waals surface area contributed by atoms with Crippen LogP contribution in [0.4, 0.5) is 17.1 Å². The summed E-state index contributed by atoms with van der Waals surface area (Å²) in [4.78, 5) is 2.41. The molecular weight excluding hydrogens is 773 g/mol. The normalized spacial score (nSPS) is 13.6. The number of anilines is 3. The Labute approximate surface area is 373 Å². The van der Waals surface area contributed by atoms with Crippen molar-refractivity contribution in [3.8, 4) is 39.1 Å². The lowest BCUT2D eigenvalue weighted by atomic mass is 9.92. The topological polar surface area (TPSA) is 8.17 Å². The minimum atomic E-state index is 0.347. The minimum absolute atomic E-state index is 0.347. The zero-order valence-corrected chi connectivity index (χ0v) is 35.4. The van der Waals surface area contributed by atoms with Crippen LogP contribution < -0.4 is 4.90 Å². The number of nitrogens with zero attached hydrogens (tertiary/aromatic N) is 2. The third kappa shape index (κ3) is 6.68. The second kappa shape index (κ2) is 15.9.